The molecule has 0 amide bonds. The van der Waals surface area contributed by atoms with Crippen molar-refractivity contribution in [1.82, 2.24) is 9.55 Å². The summed E-state index contributed by atoms with van der Waals surface area (Å²) in [6, 6.07) is 41.6. The summed E-state index contributed by atoms with van der Waals surface area (Å²) in [6.07, 6.45) is 0. The lowest BCUT2D eigenvalue weighted by atomic mass is 9.92. The Balaban J connectivity index is 1.38. The third-order valence-electron chi connectivity index (χ3n) is 6.84. The Morgan fingerprint density at radius 2 is 1.03 bits per heavy atom. The van der Waals surface area contributed by atoms with Crippen LogP contribution in [0.1, 0.15) is 0 Å². The summed E-state index contributed by atoms with van der Waals surface area (Å²) in [5.41, 5.74) is 4.30. The van der Waals surface area contributed by atoms with Crippen molar-refractivity contribution in [2.24, 2.45) is 0 Å². The maximum absolute atomic E-state index is 12.6. The van der Waals surface area contributed by atoms with Crippen LogP contribution in [0.15, 0.2) is 126 Å². The van der Waals surface area contributed by atoms with Gasteiger partial charge >= 0.3 is 5.69 Å². The number of hydrogen-bond acceptors (Lipinski definition) is 2. The summed E-state index contributed by atoms with van der Waals surface area (Å²) in [4.78, 5) is 16.8. The van der Waals surface area contributed by atoms with E-state index in [0.717, 1.165) is 22.5 Å². The molecule has 0 bridgehead atoms. The second kappa shape index (κ2) is 7.64. The number of rotatable bonds is 2. The van der Waals surface area contributed by atoms with E-state index < -0.39 is 0 Å². The fourth-order valence-corrected chi connectivity index (χ4v) is 5.21. The molecule has 5 aromatic carbocycles. The van der Waals surface area contributed by atoms with Crippen LogP contribution in [0, 0.1) is 0 Å². The molecule has 7 rings (SSSR count). The van der Waals surface area contributed by atoms with Gasteiger partial charge in [0, 0.05) is 0 Å². The Labute approximate surface area is 201 Å². The molecule has 0 unspecified atom stereocenters. The van der Waals surface area contributed by atoms with Crippen molar-refractivity contribution in [2.45, 2.75) is 0 Å². The van der Waals surface area contributed by atoms with Gasteiger partial charge in [0.2, 0.25) is 0 Å². The molecule has 0 N–H and O–H groups in total. The van der Waals surface area contributed by atoms with E-state index >= 15 is 0 Å². The first-order valence-corrected chi connectivity index (χ1v) is 11.7. The summed E-state index contributed by atoms with van der Waals surface area (Å²) in [5.74, 6) is 0. The summed E-state index contributed by atoms with van der Waals surface area (Å²) >= 11 is 0. The Hall–Kier alpha value is -4.76. The van der Waals surface area contributed by atoms with E-state index in [4.69, 9.17) is 0 Å². The van der Waals surface area contributed by atoms with Gasteiger partial charge in [-0.15, -0.1) is 0 Å². The summed E-state index contributed by atoms with van der Waals surface area (Å²) in [6.45, 7) is 0. The molecule has 164 valence electrons. The fourth-order valence-electron chi connectivity index (χ4n) is 5.21. The van der Waals surface area contributed by atoms with Gasteiger partial charge in [0.15, 0.2) is 0 Å². The van der Waals surface area contributed by atoms with Gasteiger partial charge in [0.25, 0.3) is 0 Å². The van der Waals surface area contributed by atoms with Gasteiger partial charge in [-0.25, -0.2) is 4.79 Å². The lowest BCUT2D eigenvalue weighted by Gasteiger charge is -2.12. The predicted molar refractivity (Wildman–Crippen MR) is 144 cm³/mol. The molecule has 0 radical (unpaired) electrons. The smallest absolute Gasteiger partial charge is 0.259 e. The SMILES string of the molecule is O=c1nc2cccccc-2n1-c1ccc(-c2ccc3c4ccccc4c4ccccc4c3c2)cc1. The van der Waals surface area contributed by atoms with Gasteiger partial charge in [-0.05, 0) is 73.8 Å². The van der Waals surface area contributed by atoms with Crippen molar-refractivity contribution >= 4 is 32.3 Å². The van der Waals surface area contributed by atoms with Gasteiger partial charge in [0.05, 0.1) is 17.1 Å². The second-order valence-electron chi connectivity index (χ2n) is 8.81. The van der Waals surface area contributed by atoms with E-state index in [2.05, 4.69) is 83.8 Å². The molecule has 3 heteroatoms. The van der Waals surface area contributed by atoms with Crippen molar-refractivity contribution in [1.29, 1.82) is 0 Å². The molecule has 2 aliphatic rings. The first kappa shape index (κ1) is 19.7. The molecule has 0 atom stereocenters. The first-order valence-electron chi connectivity index (χ1n) is 11.7. The predicted octanol–water partition coefficient (Wildman–Crippen LogP) is 7.46. The minimum Gasteiger partial charge on any atom is -0.259 e. The number of benzene rings is 5. The number of aromatic nitrogens is 2. The summed E-state index contributed by atoms with van der Waals surface area (Å²) in [7, 11) is 0. The molecule has 1 heterocycles. The van der Waals surface area contributed by atoms with Crippen molar-refractivity contribution in [3.8, 4) is 28.2 Å². The van der Waals surface area contributed by atoms with Crippen LogP contribution < -0.4 is 5.69 Å². The summed E-state index contributed by atoms with van der Waals surface area (Å²) in [5, 5.41) is 7.58. The van der Waals surface area contributed by atoms with Gasteiger partial charge in [-0.3, -0.25) is 4.57 Å². The monoisotopic (exact) mass is 448 g/mol. The van der Waals surface area contributed by atoms with Crippen LogP contribution in [0.2, 0.25) is 0 Å². The highest BCUT2D eigenvalue weighted by Gasteiger charge is 2.14. The third kappa shape index (κ3) is 3.06. The lowest BCUT2D eigenvalue weighted by molar-refractivity contribution is 1.00. The van der Waals surface area contributed by atoms with Crippen LogP contribution in [-0.4, -0.2) is 9.55 Å². The van der Waals surface area contributed by atoms with E-state index in [9.17, 15) is 4.79 Å². The van der Waals surface area contributed by atoms with Gasteiger partial charge in [-0.1, -0.05) is 91.0 Å². The molecule has 0 saturated carbocycles. The van der Waals surface area contributed by atoms with Crippen LogP contribution >= 0.6 is 0 Å². The molecule has 3 nitrogen and oxygen atoms in total. The van der Waals surface area contributed by atoms with Crippen molar-refractivity contribution < 1.29 is 0 Å². The van der Waals surface area contributed by atoms with E-state index in [1.807, 2.05) is 42.5 Å². The zero-order valence-corrected chi connectivity index (χ0v) is 18.8. The number of fused-ring (bicyclic) bond motifs is 7. The van der Waals surface area contributed by atoms with Gasteiger partial charge in [0.1, 0.15) is 0 Å². The molecular formula is C32H20N2O. The van der Waals surface area contributed by atoms with E-state index in [1.165, 1.54) is 32.3 Å². The van der Waals surface area contributed by atoms with Gasteiger partial charge < -0.3 is 0 Å². The molecule has 0 saturated heterocycles. The molecular weight excluding hydrogens is 428 g/mol. The molecule has 1 aliphatic carbocycles. The van der Waals surface area contributed by atoms with E-state index in [1.54, 1.807) is 4.57 Å². The maximum Gasteiger partial charge on any atom is 0.353 e. The van der Waals surface area contributed by atoms with Gasteiger partial charge in [-0.2, -0.15) is 4.98 Å². The largest absolute Gasteiger partial charge is 0.353 e. The zero-order valence-electron chi connectivity index (χ0n) is 18.8. The molecule has 0 spiro atoms. The Bertz CT molecular complexity index is 1880. The molecule has 35 heavy (non-hydrogen) atoms. The van der Waals surface area contributed by atoms with Crippen LogP contribution in [-0.2, 0) is 0 Å². The maximum atomic E-state index is 12.6. The second-order valence-corrected chi connectivity index (χ2v) is 8.81. The van der Waals surface area contributed by atoms with Crippen LogP contribution in [0.25, 0.3) is 60.5 Å². The normalized spacial score (nSPS) is 11.5. The highest BCUT2D eigenvalue weighted by Crippen LogP contribution is 2.37. The van der Waals surface area contributed by atoms with Crippen LogP contribution in [0.4, 0.5) is 0 Å². The van der Waals surface area contributed by atoms with Crippen LogP contribution in [0.5, 0.6) is 0 Å². The molecule has 0 aromatic heterocycles. The fraction of sp³-hybridized carbons (Fsp3) is 0. The number of nitrogens with zero attached hydrogens (tertiary/aromatic N) is 2. The number of hydrogen-bond donors (Lipinski definition) is 0. The van der Waals surface area contributed by atoms with Crippen molar-refractivity contribution in [2.75, 3.05) is 0 Å². The number of imidazole rings is 1. The average molecular weight is 449 g/mol. The van der Waals surface area contributed by atoms with E-state index in [-0.39, 0.29) is 5.69 Å². The quantitative estimate of drug-likeness (QED) is 0.257. The zero-order chi connectivity index (χ0) is 23.4. The Morgan fingerprint density at radius 1 is 0.486 bits per heavy atom. The summed E-state index contributed by atoms with van der Waals surface area (Å²) < 4.78 is 1.67. The highest BCUT2D eigenvalue weighted by molar-refractivity contribution is 6.25. The highest BCUT2D eigenvalue weighted by atomic mass is 16.1. The van der Waals surface area contributed by atoms with Crippen molar-refractivity contribution in [3.05, 3.63) is 132 Å². The first-order chi connectivity index (χ1) is 17.3. The molecule has 1 aliphatic heterocycles. The Morgan fingerprint density at radius 3 is 1.71 bits per heavy atom. The lowest BCUT2D eigenvalue weighted by Crippen LogP contribution is -2.14. The topological polar surface area (TPSA) is 34.9 Å². The third-order valence-corrected chi connectivity index (χ3v) is 6.84. The Kier molecular flexibility index (Phi) is 4.30. The van der Waals surface area contributed by atoms with Crippen molar-refractivity contribution in [3.63, 3.8) is 0 Å². The minimum atomic E-state index is -0.261. The molecule has 0 fully saturated rings. The average Bonchev–Trinajstić information content (AvgIpc) is 3.06. The molecule has 5 aromatic rings. The van der Waals surface area contributed by atoms with E-state index in [0.29, 0.717) is 5.69 Å². The van der Waals surface area contributed by atoms with Crippen LogP contribution in [0.3, 0.4) is 0 Å². The standard InChI is InChI=1S/C32H20N2O/c35-32-33-30-12-2-1-3-13-31(30)34(32)23-17-14-21(15-18-23)22-16-19-28-26-10-5-4-8-24(26)25-9-6-7-11-27(25)29(28)20-22/h1-20H. The minimum absolute atomic E-state index is 0.261.